The molecule has 0 amide bonds. The topological polar surface area (TPSA) is 122 Å². The lowest BCUT2D eigenvalue weighted by molar-refractivity contribution is -0.00525. The molecule has 614 valence electrons. The molecule has 9 heterocycles. The molecule has 4 aliphatic carbocycles. The Morgan fingerprint density at radius 1 is 0.488 bits per heavy atom. The summed E-state index contributed by atoms with van der Waals surface area (Å²) in [5.41, 5.74) is 40.1. The molecule has 0 saturated heterocycles. The predicted molar refractivity (Wildman–Crippen MR) is 510 cm³/mol. The average molecular weight is 1610 g/mol. The number of ether oxygens (including phenoxy) is 1. The van der Waals surface area contributed by atoms with Crippen molar-refractivity contribution < 1.29 is 4.74 Å². The van der Waals surface area contributed by atoms with E-state index in [0.717, 1.165) is 130 Å². The van der Waals surface area contributed by atoms with Crippen molar-refractivity contribution in [2.24, 2.45) is 30.7 Å². The van der Waals surface area contributed by atoms with Gasteiger partial charge in [0.25, 0.3) is 0 Å². The molecular formula is C110H115N9OSi-4. The van der Waals surface area contributed by atoms with Gasteiger partial charge in [-0.25, -0.2) is 9.97 Å². The van der Waals surface area contributed by atoms with Crippen molar-refractivity contribution in [1.29, 1.82) is 0 Å². The van der Waals surface area contributed by atoms with Gasteiger partial charge in [0.2, 0.25) is 0 Å². The zero-order chi connectivity index (χ0) is 84.7. The Kier molecular flexibility index (Phi) is 19.1. The van der Waals surface area contributed by atoms with E-state index in [4.69, 9.17) is 30.7 Å². The van der Waals surface area contributed by atoms with Gasteiger partial charge >= 0.3 is 0 Å². The first-order valence-corrected chi connectivity index (χ1v) is 47.3. The van der Waals surface area contributed by atoms with Crippen molar-refractivity contribution >= 4 is 107 Å². The van der Waals surface area contributed by atoms with Crippen LogP contribution in [0.3, 0.4) is 0 Å². The zero-order valence-electron chi connectivity index (χ0n) is 75.1. The molecular weight excluding hydrogens is 1490 g/mol. The predicted octanol–water partition coefficient (Wildman–Crippen LogP) is 29.1. The summed E-state index contributed by atoms with van der Waals surface area (Å²) >= 11 is 0. The van der Waals surface area contributed by atoms with Crippen LogP contribution in [0.4, 0.5) is 34.1 Å². The van der Waals surface area contributed by atoms with Crippen LogP contribution < -0.4 is 20.1 Å². The Balaban J connectivity index is 0.000000109. The monoisotopic (exact) mass is 1610 g/mol. The SMILES string of the molecule is C[Si]1(C)c2ccc3cccnc3c2[N-]c2c1ccc1cccnc21.Cc1cc(C)c(-c2ccc3ccc4c(c3n2)[N-]c2c(C)cc(C(C)(C)C)cc2C4C)c(C)c1.Cc1cc(C)c(-c2nc3c4c(ccc3n2C)C(C)(C)c2cc(C35CC6CC(CC(C6)C3)C5)cc(C)c2[N-]4)c(C)c1.Cc1cc(CC(C)C)cc2c1Oc1c(ccc3cc[n-]c13)C2(C)C. The lowest BCUT2D eigenvalue weighted by Gasteiger charge is -2.57. The minimum Gasteiger partial charge on any atom is -0.661 e. The number of benzene rings is 10. The van der Waals surface area contributed by atoms with Crippen molar-refractivity contribution in [1.82, 2.24) is 29.5 Å². The Labute approximate surface area is 717 Å². The van der Waals surface area contributed by atoms with Crippen LogP contribution >= 0.6 is 0 Å². The van der Waals surface area contributed by atoms with Crippen LogP contribution in [0.1, 0.15) is 214 Å². The number of hydrogen-bond donors (Lipinski definition) is 0. The molecule has 0 N–H and O–H groups in total. The van der Waals surface area contributed by atoms with Crippen molar-refractivity contribution in [3.8, 4) is 34.1 Å². The lowest BCUT2D eigenvalue weighted by atomic mass is 9.48. The molecule has 1 unspecified atom stereocenters. The van der Waals surface area contributed by atoms with Gasteiger partial charge in [0.05, 0.1) is 33.3 Å². The quantitative estimate of drug-likeness (QED) is 0.158. The van der Waals surface area contributed by atoms with E-state index < -0.39 is 8.07 Å². The summed E-state index contributed by atoms with van der Waals surface area (Å²) in [5, 5.41) is 23.0. The van der Waals surface area contributed by atoms with E-state index in [9.17, 15) is 0 Å². The largest absolute Gasteiger partial charge is 0.661 e. The first-order chi connectivity index (χ1) is 57.6. The fourth-order valence-corrected chi connectivity index (χ4v) is 25.9. The van der Waals surface area contributed by atoms with Gasteiger partial charge in [0.15, 0.2) is 0 Å². The Hall–Kier alpha value is -11.1. The molecule has 8 aliphatic rings. The molecule has 121 heavy (non-hydrogen) atoms. The fraction of sp³-hybridized carbons (Fsp3) is 0.345. The van der Waals surface area contributed by atoms with Gasteiger partial charge in [-0.05, 0) is 232 Å². The number of aryl methyl sites for hydroxylation is 10. The molecule has 5 aromatic heterocycles. The summed E-state index contributed by atoms with van der Waals surface area (Å²) in [6.45, 7) is 47.6. The fourth-order valence-electron chi connectivity index (χ4n) is 23.1. The lowest BCUT2D eigenvalue weighted by Crippen LogP contribution is -2.55. The van der Waals surface area contributed by atoms with Gasteiger partial charge in [0.1, 0.15) is 25.4 Å². The Morgan fingerprint density at radius 3 is 1.66 bits per heavy atom. The van der Waals surface area contributed by atoms with E-state index in [1.807, 2.05) is 36.8 Å². The van der Waals surface area contributed by atoms with Gasteiger partial charge in [-0.3, -0.25) is 9.97 Å². The van der Waals surface area contributed by atoms with Gasteiger partial charge in [0, 0.05) is 58.4 Å². The first-order valence-electron chi connectivity index (χ1n) is 44.3. The normalized spacial score (nSPS) is 19.2. The third-order valence-corrected chi connectivity index (χ3v) is 32.3. The highest BCUT2D eigenvalue weighted by Crippen LogP contribution is 2.64. The zero-order valence-corrected chi connectivity index (χ0v) is 76.1. The van der Waals surface area contributed by atoms with Crippen LogP contribution in [0.2, 0.25) is 13.1 Å². The average Bonchev–Trinajstić information content (AvgIpc) is 1.55. The summed E-state index contributed by atoms with van der Waals surface area (Å²) in [6.07, 6.45) is 15.3. The number of pyridine rings is 3. The van der Waals surface area contributed by atoms with Gasteiger partial charge in [-0.2, -0.15) is 6.20 Å². The molecule has 0 radical (unpaired) electrons. The second kappa shape index (κ2) is 29.0. The first kappa shape index (κ1) is 79.6. The molecule has 11 heteroatoms. The number of imidazole rings is 1. The van der Waals surface area contributed by atoms with Crippen molar-refractivity contribution in [2.75, 3.05) is 0 Å². The van der Waals surface area contributed by atoms with E-state index in [-0.39, 0.29) is 22.2 Å². The number of hydrogen-bond acceptors (Lipinski definition) is 5. The summed E-state index contributed by atoms with van der Waals surface area (Å²) in [4.78, 5) is 24.3. The van der Waals surface area contributed by atoms with Crippen LogP contribution in [0.5, 0.6) is 11.5 Å². The number of aromatic nitrogens is 6. The van der Waals surface area contributed by atoms with Crippen LogP contribution in [0.25, 0.3) is 93.2 Å². The number of fused-ring (bicyclic) bond motifs is 18. The van der Waals surface area contributed by atoms with Crippen molar-refractivity contribution in [2.45, 2.75) is 217 Å². The maximum Gasteiger partial charge on any atom is 0.141 e. The highest BCUT2D eigenvalue weighted by atomic mass is 28.3. The van der Waals surface area contributed by atoms with Crippen molar-refractivity contribution in [3.63, 3.8) is 0 Å². The summed E-state index contributed by atoms with van der Waals surface area (Å²) < 4.78 is 8.68. The minimum absolute atomic E-state index is 0.0895. The summed E-state index contributed by atoms with van der Waals surface area (Å²) in [5.74, 6) is 6.76. The minimum atomic E-state index is -1.84. The van der Waals surface area contributed by atoms with Crippen molar-refractivity contribution in [3.05, 3.63) is 298 Å². The summed E-state index contributed by atoms with van der Waals surface area (Å²) in [7, 11) is 0.313. The molecule has 4 fully saturated rings. The molecule has 4 saturated carbocycles. The van der Waals surface area contributed by atoms with Crippen LogP contribution in [-0.4, -0.2) is 32.6 Å². The number of rotatable bonds is 5. The van der Waals surface area contributed by atoms with E-state index in [1.54, 1.807) is 5.56 Å². The molecule has 10 nitrogen and oxygen atoms in total. The molecule has 10 aromatic carbocycles. The Bertz CT molecular complexity index is 6640. The smallest absolute Gasteiger partial charge is 0.141 e. The van der Waals surface area contributed by atoms with E-state index in [2.05, 4.69) is 317 Å². The van der Waals surface area contributed by atoms with Crippen LogP contribution in [0.15, 0.2) is 182 Å². The second-order valence-electron chi connectivity index (χ2n) is 40.3. The Morgan fingerprint density at radius 2 is 1.04 bits per heavy atom. The molecule has 4 aliphatic heterocycles. The third kappa shape index (κ3) is 13.3. The highest BCUT2D eigenvalue weighted by Gasteiger charge is 2.52. The van der Waals surface area contributed by atoms with Gasteiger partial charge < -0.3 is 30.2 Å². The van der Waals surface area contributed by atoms with Gasteiger partial charge in [-0.15, -0.1) is 34.1 Å². The summed E-state index contributed by atoms with van der Waals surface area (Å²) in [6, 6.07) is 60.3. The molecule has 15 aromatic rings. The maximum absolute atomic E-state index is 6.41. The van der Waals surface area contributed by atoms with E-state index in [0.29, 0.717) is 11.3 Å². The molecule has 1 atom stereocenters. The second-order valence-corrected chi connectivity index (χ2v) is 44.7. The van der Waals surface area contributed by atoms with Crippen LogP contribution in [-0.2, 0) is 35.1 Å². The highest BCUT2D eigenvalue weighted by molar-refractivity contribution is 7.03. The van der Waals surface area contributed by atoms with Gasteiger partial charge in [-0.1, -0.05) is 282 Å². The molecule has 0 spiro atoms. The molecule has 23 rings (SSSR count). The third-order valence-electron chi connectivity index (χ3n) is 28.8. The number of nitrogens with zero attached hydrogens (tertiary/aromatic N) is 9. The molecule has 4 bridgehead atoms. The van der Waals surface area contributed by atoms with Crippen LogP contribution in [0, 0.1) is 86.0 Å². The standard InChI is InChI=1S/C37H42N3.C31H33N2.C22H24NO.C20H16N3Si/c1-20-10-21(2)31(22(3)11-20)35-39-34-30(40(35)7)9-8-28-33(34)38-32-23(4)12-27(16-29(32)36(28,5)6)37-17-24-13-25(18-37)15-26(14-24)19-37;1-17-13-18(2)27(19(3)14-17)26-12-10-22-9-11-24-21(5)25-16-23(31(6,7)8)15-20(4)28(25)33-30(24)29(22)32-26;1-13(2)10-15-11-14(3)20-18(12-15)22(4,5)17-7-6-16-8-9-23-19(16)21(17)24-20;1-24(2)15-9-7-13-5-3-11-21-17(13)19(15)23-20-16(24)10-8-14-6-4-12-22-18(14)20/h8-12,16,24-26H,13-15,17-19H2,1-7H3;9-16,21H,1-8H3;6-9,11-13H,10H2,1-5H3;3-12H,1-2H3/q4*-1. The van der Waals surface area contributed by atoms with E-state index in [1.165, 1.54) is 160 Å². The van der Waals surface area contributed by atoms with E-state index >= 15 is 0 Å². The maximum atomic E-state index is 6.41.